The molecule has 0 aliphatic heterocycles. The van der Waals surface area contributed by atoms with E-state index in [4.69, 9.17) is 4.74 Å². The number of nitrogens with one attached hydrogen (secondary N) is 2. The fraction of sp³-hybridized carbons (Fsp3) is 0.200. The van der Waals surface area contributed by atoms with Gasteiger partial charge in [-0.25, -0.2) is 4.63 Å². The normalized spacial score (nSPS) is 11.2. The van der Waals surface area contributed by atoms with Crippen molar-refractivity contribution < 1.29 is 32.1 Å². The number of amides is 2. The van der Waals surface area contributed by atoms with Crippen LogP contribution in [0.5, 0.6) is 5.75 Å². The van der Waals surface area contributed by atoms with Crippen molar-refractivity contribution in [3.05, 3.63) is 29.8 Å². The van der Waals surface area contributed by atoms with E-state index < -0.39 is 23.8 Å². The molecule has 3 rings (SSSR count). The van der Waals surface area contributed by atoms with E-state index in [1.165, 1.54) is 12.4 Å². The van der Waals surface area contributed by atoms with E-state index in [9.17, 15) is 22.8 Å². The second-order valence-electron chi connectivity index (χ2n) is 5.40. The van der Waals surface area contributed by atoms with Gasteiger partial charge < -0.3 is 10.1 Å². The molecule has 2 aromatic heterocycles. The van der Waals surface area contributed by atoms with Crippen LogP contribution in [0.15, 0.2) is 28.9 Å². The van der Waals surface area contributed by atoms with Gasteiger partial charge in [0, 0.05) is 0 Å². The average molecular weight is 428 g/mol. The minimum Gasteiger partial charge on any atom is -0.497 e. The van der Waals surface area contributed by atoms with Crippen molar-refractivity contribution in [3.63, 3.8) is 0 Å². The largest absolute Gasteiger partial charge is 0.497 e. The molecule has 0 atom stereocenters. The van der Waals surface area contributed by atoms with E-state index >= 15 is 0 Å². The molecule has 0 unspecified atom stereocenters. The number of rotatable bonds is 6. The number of ether oxygens (including phenoxy) is 1. The molecule has 10 nitrogen and oxygen atoms in total. The van der Waals surface area contributed by atoms with Gasteiger partial charge in [0.05, 0.1) is 13.5 Å². The number of alkyl halides is 3. The Hall–Kier alpha value is -3.55. The summed E-state index contributed by atoms with van der Waals surface area (Å²) in [6.45, 7) is 0. The zero-order valence-electron chi connectivity index (χ0n) is 14.5. The lowest BCUT2D eigenvalue weighted by Crippen LogP contribution is -2.30. The predicted octanol–water partition coefficient (Wildman–Crippen LogP) is 2.28. The monoisotopic (exact) mass is 428 g/mol. The molecule has 3 aromatic rings. The Morgan fingerprint density at radius 2 is 2.00 bits per heavy atom. The number of anilines is 2. The van der Waals surface area contributed by atoms with Crippen LogP contribution in [0.1, 0.15) is 5.56 Å². The van der Waals surface area contributed by atoms with Crippen LogP contribution in [-0.4, -0.2) is 45.6 Å². The lowest BCUT2D eigenvalue weighted by molar-refractivity contribution is -0.167. The summed E-state index contributed by atoms with van der Waals surface area (Å²) in [7, 11) is 1.51. The third kappa shape index (κ3) is 5.04. The highest BCUT2D eigenvalue weighted by molar-refractivity contribution is 7.18. The molecule has 2 heterocycles. The molecule has 1 aromatic carbocycles. The third-order valence-corrected chi connectivity index (χ3v) is 4.20. The molecule has 0 fully saturated rings. The van der Waals surface area contributed by atoms with Crippen LogP contribution in [0.3, 0.4) is 0 Å². The third-order valence-electron chi connectivity index (χ3n) is 3.35. The summed E-state index contributed by atoms with van der Waals surface area (Å²) in [5, 5.41) is 18.2. The minimum absolute atomic E-state index is 0.0135. The zero-order chi connectivity index (χ0) is 21.0. The number of aromatic nitrogens is 4. The van der Waals surface area contributed by atoms with E-state index in [1.807, 2.05) is 0 Å². The van der Waals surface area contributed by atoms with Gasteiger partial charge in [-0.1, -0.05) is 23.5 Å². The summed E-state index contributed by atoms with van der Waals surface area (Å²) in [6.07, 6.45) is -5.08. The van der Waals surface area contributed by atoms with Crippen molar-refractivity contribution in [1.82, 2.24) is 20.5 Å². The molecular weight excluding hydrogens is 417 g/mol. The number of hydrogen-bond donors (Lipinski definition) is 2. The van der Waals surface area contributed by atoms with Crippen molar-refractivity contribution in [2.45, 2.75) is 12.6 Å². The molecule has 0 saturated heterocycles. The summed E-state index contributed by atoms with van der Waals surface area (Å²) >= 11 is 0.812. The number of carbonyl (C=O) groups is 2. The fourth-order valence-electron chi connectivity index (χ4n) is 2.09. The molecule has 0 bridgehead atoms. The number of carbonyl (C=O) groups excluding carboxylic acids is 2. The molecule has 2 N–H and O–H groups in total. The summed E-state index contributed by atoms with van der Waals surface area (Å²) in [5.74, 6) is -2.62. The number of methoxy groups -OCH3 is 1. The Morgan fingerprint density at radius 1 is 1.21 bits per heavy atom. The standard InChI is InChI=1S/C15H11F3N6O4S/c1-27-8-4-2-3-7(5-8)6-9(25)19-14-22-21-12(29-14)10-11(24-28-23-10)20-13(26)15(16,17)18/h2-5H,6H2,1H3,(H,19,22,25)(H,20,24,26). The van der Waals surface area contributed by atoms with Gasteiger partial charge in [-0.3, -0.25) is 14.9 Å². The highest BCUT2D eigenvalue weighted by Gasteiger charge is 2.40. The first-order valence-corrected chi connectivity index (χ1v) is 8.55. The maximum absolute atomic E-state index is 12.4. The molecule has 2 amide bonds. The Balaban J connectivity index is 1.68. The first-order chi connectivity index (χ1) is 13.8. The Morgan fingerprint density at radius 3 is 2.72 bits per heavy atom. The number of benzene rings is 1. The van der Waals surface area contributed by atoms with E-state index in [2.05, 4.69) is 30.5 Å². The topological polar surface area (TPSA) is 132 Å². The Kier molecular flexibility index (Phi) is 5.72. The minimum atomic E-state index is -5.11. The maximum Gasteiger partial charge on any atom is 0.471 e. The Bertz CT molecular complexity index is 1030. The van der Waals surface area contributed by atoms with Crippen molar-refractivity contribution in [2.75, 3.05) is 17.7 Å². The van der Waals surface area contributed by atoms with Crippen molar-refractivity contribution in [2.24, 2.45) is 0 Å². The lowest BCUT2D eigenvalue weighted by atomic mass is 10.1. The lowest BCUT2D eigenvalue weighted by Gasteiger charge is -2.04. The summed E-state index contributed by atoms with van der Waals surface area (Å²) in [6, 6.07) is 6.91. The Labute approximate surface area is 164 Å². The maximum atomic E-state index is 12.4. The summed E-state index contributed by atoms with van der Waals surface area (Å²) in [5.41, 5.74) is 0.442. The molecule has 0 spiro atoms. The second kappa shape index (κ2) is 8.22. The molecule has 0 aliphatic carbocycles. The predicted molar refractivity (Wildman–Crippen MR) is 93.2 cm³/mol. The second-order valence-corrected chi connectivity index (χ2v) is 6.38. The molecule has 29 heavy (non-hydrogen) atoms. The SMILES string of the molecule is COc1cccc(CC(=O)Nc2nnc(-c3nonc3NC(=O)C(F)(F)F)s2)c1. The first-order valence-electron chi connectivity index (χ1n) is 7.73. The van der Waals surface area contributed by atoms with Crippen LogP contribution >= 0.6 is 11.3 Å². The molecule has 0 aliphatic rings. The number of halogens is 3. The van der Waals surface area contributed by atoms with Crippen molar-refractivity contribution in [3.8, 4) is 16.5 Å². The average Bonchev–Trinajstić information content (AvgIpc) is 3.30. The van der Waals surface area contributed by atoms with Gasteiger partial charge in [0.1, 0.15) is 5.75 Å². The molecular formula is C15H11F3N6O4S. The van der Waals surface area contributed by atoms with Gasteiger partial charge >= 0.3 is 12.1 Å². The fourth-order valence-corrected chi connectivity index (χ4v) is 2.83. The molecule has 14 heteroatoms. The van der Waals surface area contributed by atoms with E-state index in [1.54, 1.807) is 24.3 Å². The number of hydrogen-bond acceptors (Lipinski definition) is 9. The van der Waals surface area contributed by atoms with Gasteiger partial charge in [0.15, 0.2) is 10.7 Å². The van der Waals surface area contributed by atoms with Crippen molar-refractivity contribution in [1.29, 1.82) is 0 Å². The van der Waals surface area contributed by atoms with Gasteiger partial charge in [-0.2, -0.15) is 13.2 Å². The summed E-state index contributed by atoms with van der Waals surface area (Å²) in [4.78, 5) is 23.2. The molecule has 0 saturated carbocycles. The zero-order valence-corrected chi connectivity index (χ0v) is 15.3. The number of nitrogens with zero attached hydrogens (tertiary/aromatic N) is 4. The van der Waals surface area contributed by atoms with Crippen LogP contribution in [0.4, 0.5) is 24.1 Å². The highest BCUT2D eigenvalue weighted by Crippen LogP contribution is 2.30. The molecule has 152 valence electrons. The summed E-state index contributed by atoms with van der Waals surface area (Å²) < 4.78 is 46.6. The van der Waals surface area contributed by atoms with Crippen LogP contribution in [0.25, 0.3) is 10.7 Å². The molecule has 0 radical (unpaired) electrons. The van der Waals surface area contributed by atoms with Crippen molar-refractivity contribution >= 4 is 34.1 Å². The smallest absolute Gasteiger partial charge is 0.471 e. The van der Waals surface area contributed by atoms with E-state index in [-0.39, 0.29) is 22.3 Å². The quantitative estimate of drug-likeness (QED) is 0.611. The van der Waals surface area contributed by atoms with Crippen LogP contribution in [0, 0.1) is 0 Å². The van der Waals surface area contributed by atoms with Crippen LogP contribution < -0.4 is 15.4 Å². The first kappa shape index (κ1) is 20.2. The van der Waals surface area contributed by atoms with Crippen LogP contribution in [0.2, 0.25) is 0 Å². The van der Waals surface area contributed by atoms with Gasteiger partial charge in [-0.15, -0.1) is 10.2 Å². The highest BCUT2D eigenvalue weighted by atomic mass is 32.1. The van der Waals surface area contributed by atoms with Crippen LogP contribution in [-0.2, 0) is 16.0 Å². The van der Waals surface area contributed by atoms with Gasteiger partial charge in [-0.05, 0) is 28.0 Å². The van der Waals surface area contributed by atoms with E-state index in [0.29, 0.717) is 11.3 Å². The van der Waals surface area contributed by atoms with Gasteiger partial charge in [0.25, 0.3) is 0 Å². The van der Waals surface area contributed by atoms with Gasteiger partial charge in [0.2, 0.25) is 16.9 Å². The van der Waals surface area contributed by atoms with E-state index in [0.717, 1.165) is 11.3 Å².